The van der Waals surface area contributed by atoms with E-state index in [1.807, 2.05) is 0 Å². The fourth-order valence-corrected chi connectivity index (χ4v) is 2.77. The predicted octanol–water partition coefficient (Wildman–Crippen LogP) is 4.16. The zero-order chi connectivity index (χ0) is 17.9. The highest BCUT2D eigenvalue weighted by molar-refractivity contribution is 5.68. The molecule has 7 heteroatoms. The minimum Gasteiger partial charge on any atom is -0.444 e. The first kappa shape index (κ1) is 18.6. The predicted molar refractivity (Wildman–Crippen MR) is 82.4 cm³/mol. The summed E-state index contributed by atoms with van der Waals surface area (Å²) in [7, 11) is 0. The number of rotatable bonds is 3. The van der Waals surface area contributed by atoms with Crippen molar-refractivity contribution in [2.24, 2.45) is 0 Å². The molecule has 24 heavy (non-hydrogen) atoms. The largest absolute Gasteiger partial charge is 0.444 e. The molecule has 1 aromatic carbocycles. The van der Waals surface area contributed by atoms with Crippen molar-refractivity contribution in [3.63, 3.8) is 0 Å². The summed E-state index contributed by atoms with van der Waals surface area (Å²) in [5.41, 5.74) is 0.0510. The van der Waals surface area contributed by atoms with Crippen LogP contribution in [0.4, 0.5) is 18.0 Å². The van der Waals surface area contributed by atoms with E-state index in [0.717, 1.165) is 0 Å². The molecule has 1 aliphatic heterocycles. The van der Waals surface area contributed by atoms with E-state index in [-0.39, 0.29) is 12.5 Å². The molecule has 0 unspecified atom stereocenters. The molecule has 0 radical (unpaired) electrons. The molecule has 1 saturated heterocycles. The summed E-state index contributed by atoms with van der Waals surface area (Å²) < 4.78 is 48.6. The fourth-order valence-electron chi connectivity index (χ4n) is 2.77. The van der Waals surface area contributed by atoms with Crippen LogP contribution in [0.2, 0.25) is 0 Å². The number of alkyl halides is 2. The summed E-state index contributed by atoms with van der Waals surface area (Å²) in [5, 5.41) is 0. The summed E-state index contributed by atoms with van der Waals surface area (Å²) in [5.74, 6) is -0.727. The molecule has 1 heterocycles. The third-order valence-corrected chi connectivity index (χ3v) is 3.79. The van der Waals surface area contributed by atoms with E-state index >= 15 is 0 Å². The first-order valence-electron chi connectivity index (χ1n) is 7.83. The van der Waals surface area contributed by atoms with Gasteiger partial charge in [0.2, 0.25) is 0 Å². The maximum atomic E-state index is 13.1. The average Bonchev–Trinajstić information content (AvgIpc) is 2.46. The van der Waals surface area contributed by atoms with Crippen molar-refractivity contribution in [3.8, 4) is 0 Å². The first-order chi connectivity index (χ1) is 11.2. The molecule has 134 valence electrons. The quantitative estimate of drug-likeness (QED) is 0.826. The van der Waals surface area contributed by atoms with Crippen molar-refractivity contribution in [1.82, 2.24) is 4.90 Å². The molecule has 0 aliphatic carbocycles. The van der Waals surface area contributed by atoms with Crippen LogP contribution in [-0.2, 0) is 9.47 Å². The number of carbonyl (C=O) groups excluding carboxylic acids is 1. The van der Waals surface area contributed by atoms with E-state index < -0.39 is 30.2 Å². The van der Waals surface area contributed by atoms with Crippen molar-refractivity contribution in [2.75, 3.05) is 13.1 Å². The molecule has 2 rings (SSSR count). The summed E-state index contributed by atoms with van der Waals surface area (Å²) in [6.07, 6.45) is -0.998. The smallest absolute Gasteiger partial charge is 0.410 e. The number of nitrogens with zero attached hydrogens (tertiary/aromatic N) is 1. The van der Waals surface area contributed by atoms with Gasteiger partial charge in [-0.3, -0.25) is 0 Å². The standard InChI is InChI=1S/C17H22F3NO3/c1-17(2,3)24-16(22)21-9-8-13(14(10-21)23-15(19)20)11-4-6-12(18)7-5-11/h4-7,13-15H,8-10H2,1-3H3/t13-,14+/m0/s1. The Hall–Kier alpha value is -1.76. The summed E-state index contributed by atoms with van der Waals surface area (Å²) in [4.78, 5) is 13.5. The van der Waals surface area contributed by atoms with Gasteiger partial charge < -0.3 is 14.4 Å². The number of halogens is 3. The fraction of sp³-hybridized carbons (Fsp3) is 0.588. The molecule has 4 nitrogen and oxygen atoms in total. The number of amides is 1. The van der Waals surface area contributed by atoms with Crippen LogP contribution in [0.3, 0.4) is 0 Å². The average molecular weight is 345 g/mol. The SMILES string of the molecule is CC(C)(C)OC(=O)N1CC[C@@H](c2ccc(F)cc2)[C@H](OC(F)F)C1. The lowest BCUT2D eigenvalue weighted by atomic mass is 9.87. The molecule has 0 aromatic heterocycles. The van der Waals surface area contributed by atoms with Crippen LogP contribution in [0, 0.1) is 5.82 Å². The number of hydrogen-bond acceptors (Lipinski definition) is 3. The van der Waals surface area contributed by atoms with Gasteiger partial charge in [-0.1, -0.05) is 12.1 Å². The maximum Gasteiger partial charge on any atom is 0.410 e. The van der Waals surface area contributed by atoms with E-state index in [1.165, 1.54) is 17.0 Å². The monoisotopic (exact) mass is 345 g/mol. The van der Waals surface area contributed by atoms with Crippen molar-refractivity contribution >= 4 is 6.09 Å². The van der Waals surface area contributed by atoms with E-state index in [0.29, 0.717) is 18.5 Å². The molecule has 0 bridgehead atoms. The number of piperidine rings is 1. The molecular weight excluding hydrogens is 323 g/mol. The number of carbonyl (C=O) groups is 1. The van der Waals surface area contributed by atoms with Crippen LogP contribution in [-0.4, -0.2) is 42.4 Å². The Morgan fingerprint density at radius 3 is 2.42 bits per heavy atom. The number of ether oxygens (including phenoxy) is 2. The van der Waals surface area contributed by atoms with Crippen LogP contribution >= 0.6 is 0 Å². The Balaban J connectivity index is 2.12. The van der Waals surface area contributed by atoms with Crippen LogP contribution < -0.4 is 0 Å². The third-order valence-electron chi connectivity index (χ3n) is 3.79. The molecule has 1 aliphatic rings. The minimum absolute atomic E-state index is 0.00129. The van der Waals surface area contributed by atoms with Gasteiger partial charge >= 0.3 is 12.7 Å². The van der Waals surface area contributed by atoms with Gasteiger partial charge in [-0.05, 0) is 44.9 Å². The molecule has 0 saturated carbocycles. The van der Waals surface area contributed by atoms with Crippen molar-refractivity contribution in [2.45, 2.75) is 51.4 Å². The molecule has 0 N–H and O–H groups in total. The van der Waals surface area contributed by atoms with Crippen LogP contribution in [0.1, 0.15) is 38.7 Å². The second-order valence-corrected chi connectivity index (χ2v) is 6.81. The Kier molecular flexibility index (Phi) is 5.74. The highest BCUT2D eigenvalue weighted by atomic mass is 19.3. The number of benzene rings is 1. The van der Waals surface area contributed by atoms with E-state index in [4.69, 9.17) is 9.47 Å². The zero-order valence-corrected chi connectivity index (χ0v) is 14.0. The molecular formula is C17H22F3NO3. The molecule has 0 spiro atoms. The Morgan fingerprint density at radius 2 is 1.88 bits per heavy atom. The molecule has 1 amide bonds. The van der Waals surface area contributed by atoms with Gasteiger partial charge in [-0.15, -0.1) is 0 Å². The lowest BCUT2D eigenvalue weighted by Crippen LogP contribution is -2.48. The lowest BCUT2D eigenvalue weighted by molar-refractivity contribution is -0.178. The third kappa shape index (κ3) is 5.12. The highest BCUT2D eigenvalue weighted by Gasteiger charge is 2.36. The second kappa shape index (κ2) is 7.42. The molecule has 2 atom stereocenters. The first-order valence-corrected chi connectivity index (χ1v) is 7.83. The Bertz CT molecular complexity index is 557. The van der Waals surface area contributed by atoms with E-state index in [9.17, 15) is 18.0 Å². The van der Waals surface area contributed by atoms with Gasteiger partial charge in [0, 0.05) is 12.5 Å². The van der Waals surface area contributed by atoms with Gasteiger partial charge in [-0.2, -0.15) is 8.78 Å². The van der Waals surface area contributed by atoms with Gasteiger partial charge in [0.15, 0.2) is 0 Å². The van der Waals surface area contributed by atoms with Gasteiger partial charge in [-0.25, -0.2) is 9.18 Å². The van der Waals surface area contributed by atoms with Gasteiger partial charge in [0.1, 0.15) is 11.4 Å². The van der Waals surface area contributed by atoms with Crippen molar-refractivity contribution in [3.05, 3.63) is 35.6 Å². The maximum absolute atomic E-state index is 13.1. The van der Waals surface area contributed by atoms with E-state index in [2.05, 4.69) is 0 Å². The second-order valence-electron chi connectivity index (χ2n) is 6.81. The van der Waals surface area contributed by atoms with Gasteiger partial charge in [0.05, 0.1) is 12.6 Å². The minimum atomic E-state index is -2.95. The summed E-state index contributed by atoms with van der Waals surface area (Å²) >= 11 is 0. The molecule has 1 aromatic rings. The van der Waals surface area contributed by atoms with Crippen LogP contribution in [0.15, 0.2) is 24.3 Å². The summed E-state index contributed by atoms with van der Waals surface area (Å²) in [6, 6.07) is 5.69. The summed E-state index contributed by atoms with van der Waals surface area (Å²) in [6.45, 7) is 2.63. The zero-order valence-electron chi connectivity index (χ0n) is 14.0. The highest BCUT2D eigenvalue weighted by Crippen LogP contribution is 2.32. The van der Waals surface area contributed by atoms with Crippen LogP contribution in [0.5, 0.6) is 0 Å². The Morgan fingerprint density at radius 1 is 1.25 bits per heavy atom. The lowest BCUT2D eigenvalue weighted by Gasteiger charge is -2.38. The van der Waals surface area contributed by atoms with E-state index in [1.54, 1.807) is 32.9 Å². The Labute approximate surface area is 139 Å². The van der Waals surface area contributed by atoms with Crippen LogP contribution in [0.25, 0.3) is 0 Å². The normalized spacial score (nSPS) is 21.9. The molecule has 1 fully saturated rings. The number of likely N-dealkylation sites (tertiary alicyclic amines) is 1. The van der Waals surface area contributed by atoms with Gasteiger partial charge in [0.25, 0.3) is 0 Å². The van der Waals surface area contributed by atoms with Crippen molar-refractivity contribution in [1.29, 1.82) is 0 Å². The topological polar surface area (TPSA) is 38.8 Å². The number of hydrogen-bond donors (Lipinski definition) is 0. The van der Waals surface area contributed by atoms with Crippen molar-refractivity contribution < 1.29 is 27.4 Å².